The van der Waals surface area contributed by atoms with E-state index in [4.69, 9.17) is 0 Å². The van der Waals surface area contributed by atoms with Crippen molar-refractivity contribution >= 4 is 27.9 Å². The van der Waals surface area contributed by atoms with Gasteiger partial charge in [0, 0.05) is 17.6 Å². The van der Waals surface area contributed by atoms with Gasteiger partial charge in [-0.15, -0.1) is 0 Å². The quantitative estimate of drug-likeness (QED) is 0.760. The van der Waals surface area contributed by atoms with Crippen LogP contribution in [0.2, 0.25) is 0 Å². The van der Waals surface area contributed by atoms with Crippen LogP contribution in [0.15, 0.2) is 47.3 Å². The van der Waals surface area contributed by atoms with Gasteiger partial charge in [-0.05, 0) is 59.3 Å². The number of benzene rings is 1. The van der Waals surface area contributed by atoms with Crippen molar-refractivity contribution in [1.82, 2.24) is 4.98 Å². The highest BCUT2D eigenvalue weighted by molar-refractivity contribution is 7.07. The van der Waals surface area contributed by atoms with Crippen LogP contribution in [0.5, 0.6) is 5.75 Å². The molecule has 0 radical (unpaired) electrons. The normalized spacial score (nSPS) is 12.4. The molecule has 2 heterocycles. The predicted molar refractivity (Wildman–Crippen MR) is 84.5 cm³/mol. The molecule has 0 spiro atoms. The van der Waals surface area contributed by atoms with Crippen molar-refractivity contribution in [2.75, 3.05) is 5.32 Å². The van der Waals surface area contributed by atoms with Crippen LogP contribution in [0.1, 0.15) is 12.5 Å². The van der Waals surface area contributed by atoms with E-state index < -0.39 is 0 Å². The number of aromatic nitrogens is 1. The van der Waals surface area contributed by atoms with E-state index in [0.29, 0.717) is 0 Å². The Morgan fingerprint density at radius 2 is 2.20 bits per heavy atom. The van der Waals surface area contributed by atoms with Gasteiger partial charge in [0.2, 0.25) is 0 Å². The monoisotopic (exact) mass is 284 g/mol. The Labute approximate surface area is 121 Å². The van der Waals surface area contributed by atoms with Gasteiger partial charge >= 0.3 is 0 Å². The Balaban J connectivity index is 1.85. The van der Waals surface area contributed by atoms with Gasteiger partial charge in [-0.25, -0.2) is 4.98 Å². The molecule has 20 heavy (non-hydrogen) atoms. The fraction of sp³-hybridized carbons (Fsp3) is 0.188. The molecule has 3 rings (SSSR count). The zero-order valence-corrected chi connectivity index (χ0v) is 12.0. The second kappa shape index (κ2) is 5.51. The standard InChI is InChI=1S/C16H16N2OS/c1-11(8-12-5-7-20-10-12)18-16-15-9-14(19)3-2-13(15)4-6-17-16/h2-7,9-11,19H,8H2,1H3,(H,17,18). The van der Waals surface area contributed by atoms with E-state index in [1.807, 2.05) is 12.1 Å². The van der Waals surface area contributed by atoms with E-state index in [0.717, 1.165) is 23.0 Å². The Bertz CT molecular complexity index is 710. The van der Waals surface area contributed by atoms with E-state index in [-0.39, 0.29) is 11.8 Å². The molecule has 2 aromatic heterocycles. The summed E-state index contributed by atoms with van der Waals surface area (Å²) in [7, 11) is 0. The molecular formula is C16H16N2OS. The molecule has 0 saturated heterocycles. The number of aromatic hydroxyl groups is 1. The van der Waals surface area contributed by atoms with Crippen LogP contribution < -0.4 is 5.32 Å². The van der Waals surface area contributed by atoms with Crippen molar-refractivity contribution in [3.63, 3.8) is 0 Å². The molecule has 2 N–H and O–H groups in total. The largest absolute Gasteiger partial charge is 0.508 e. The van der Waals surface area contributed by atoms with Crippen LogP contribution in [-0.4, -0.2) is 16.1 Å². The number of phenols is 1. The maximum absolute atomic E-state index is 9.64. The molecule has 1 unspecified atom stereocenters. The zero-order valence-electron chi connectivity index (χ0n) is 11.2. The van der Waals surface area contributed by atoms with E-state index in [2.05, 4.69) is 34.1 Å². The lowest BCUT2D eigenvalue weighted by atomic mass is 10.1. The fourth-order valence-corrected chi connectivity index (χ4v) is 3.00. The second-order valence-corrected chi connectivity index (χ2v) is 5.73. The number of anilines is 1. The summed E-state index contributed by atoms with van der Waals surface area (Å²) in [6.45, 7) is 2.14. The molecule has 0 amide bonds. The maximum Gasteiger partial charge on any atom is 0.134 e. The second-order valence-electron chi connectivity index (χ2n) is 4.95. The molecule has 3 nitrogen and oxygen atoms in total. The summed E-state index contributed by atoms with van der Waals surface area (Å²) < 4.78 is 0. The van der Waals surface area contributed by atoms with Gasteiger partial charge in [-0.1, -0.05) is 6.07 Å². The minimum atomic E-state index is 0.263. The number of phenolic OH excluding ortho intramolecular Hbond substituents is 1. The van der Waals surface area contributed by atoms with E-state index in [9.17, 15) is 5.11 Å². The molecule has 3 aromatic rings. The summed E-state index contributed by atoms with van der Waals surface area (Å²) in [5.41, 5.74) is 1.33. The summed E-state index contributed by atoms with van der Waals surface area (Å²) >= 11 is 1.72. The van der Waals surface area contributed by atoms with Crippen LogP contribution in [-0.2, 0) is 6.42 Å². The first-order chi connectivity index (χ1) is 9.72. The molecule has 102 valence electrons. The van der Waals surface area contributed by atoms with Gasteiger partial charge in [0.05, 0.1) is 0 Å². The van der Waals surface area contributed by atoms with Gasteiger partial charge in [-0.2, -0.15) is 11.3 Å². The molecule has 0 bridgehead atoms. The van der Waals surface area contributed by atoms with Crippen LogP contribution in [0.25, 0.3) is 10.8 Å². The van der Waals surface area contributed by atoms with Crippen LogP contribution in [0.4, 0.5) is 5.82 Å². The Morgan fingerprint density at radius 1 is 1.30 bits per heavy atom. The average molecular weight is 284 g/mol. The van der Waals surface area contributed by atoms with Crippen LogP contribution in [0, 0.1) is 0 Å². The molecule has 1 atom stereocenters. The molecule has 0 aliphatic rings. The Morgan fingerprint density at radius 3 is 3.00 bits per heavy atom. The summed E-state index contributed by atoms with van der Waals surface area (Å²) in [4.78, 5) is 4.40. The van der Waals surface area contributed by atoms with Gasteiger partial charge < -0.3 is 10.4 Å². The first-order valence-corrected chi connectivity index (χ1v) is 7.52. The number of fused-ring (bicyclic) bond motifs is 1. The molecule has 4 heteroatoms. The van der Waals surface area contributed by atoms with Gasteiger partial charge in [0.1, 0.15) is 11.6 Å². The van der Waals surface area contributed by atoms with E-state index >= 15 is 0 Å². The van der Waals surface area contributed by atoms with Crippen molar-refractivity contribution in [3.8, 4) is 5.75 Å². The Hall–Kier alpha value is -2.07. The fourth-order valence-electron chi connectivity index (χ4n) is 2.32. The SMILES string of the molecule is CC(Cc1ccsc1)Nc1nccc2ccc(O)cc12. The van der Waals surface area contributed by atoms with Crippen molar-refractivity contribution in [2.45, 2.75) is 19.4 Å². The zero-order chi connectivity index (χ0) is 13.9. The van der Waals surface area contributed by atoms with Crippen LogP contribution in [0.3, 0.4) is 0 Å². The summed E-state index contributed by atoms with van der Waals surface area (Å²) in [6, 6.07) is 9.73. The molecule has 0 aliphatic carbocycles. The number of nitrogens with one attached hydrogen (secondary N) is 1. The third-order valence-corrected chi connectivity index (χ3v) is 3.99. The molecule has 0 saturated carbocycles. The lowest BCUT2D eigenvalue weighted by Gasteiger charge is -2.15. The van der Waals surface area contributed by atoms with Gasteiger partial charge in [-0.3, -0.25) is 0 Å². The number of pyridine rings is 1. The van der Waals surface area contributed by atoms with E-state index in [1.165, 1.54) is 5.56 Å². The first kappa shape index (κ1) is 12.9. The lowest BCUT2D eigenvalue weighted by Crippen LogP contribution is -2.18. The van der Waals surface area contributed by atoms with Gasteiger partial charge in [0.25, 0.3) is 0 Å². The topological polar surface area (TPSA) is 45.2 Å². The minimum absolute atomic E-state index is 0.263. The number of nitrogens with zero attached hydrogens (tertiary/aromatic N) is 1. The number of thiophene rings is 1. The Kier molecular flexibility index (Phi) is 3.56. The van der Waals surface area contributed by atoms with Crippen molar-refractivity contribution in [3.05, 3.63) is 52.9 Å². The number of rotatable bonds is 4. The minimum Gasteiger partial charge on any atom is -0.508 e. The maximum atomic E-state index is 9.64. The lowest BCUT2D eigenvalue weighted by molar-refractivity contribution is 0.476. The smallest absolute Gasteiger partial charge is 0.134 e. The highest BCUT2D eigenvalue weighted by atomic mass is 32.1. The molecule has 1 aromatic carbocycles. The van der Waals surface area contributed by atoms with Crippen molar-refractivity contribution in [2.24, 2.45) is 0 Å². The third-order valence-electron chi connectivity index (χ3n) is 3.25. The number of hydrogen-bond acceptors (Lipinski definition) is 4. The highest BCUT2D eigenvalue weighted by Crippen LogP contribution is 2.25. The summed E-state index contributed by atoms with van der Waals surface area (Å²) in [6.07, 6.45) is 2.75. The van der Waals surface area contributed by atoms with Crippen LogP contribution >= 0.6 is 11.3 Å². The average Bonchev–Trinajstić information content (AvgIpc) is 2.92. The van der Waals surface area contributed by atoms with Gasteiger partial charge in [0.15, 0.2) is 0 Å². The molecule has 0 fully saturated rings. The summed E-state index contributed by atoms with van der Waals surface area (Å²) in [5.74, 6) is 1.08. The first-order valence-electron chi connectivity index (χ1n) is 6.58. The highest BCUT2D eigenvalue weighted by Gasteiger charge is 2.08. The summed E-state index contributed by atoms with van der Waals surface area (Å²) in [5, 5.41) is 19.4. The van der Waals surface area contributed by atoms with Crippen molar-refractivity contribution < 1.29 is 5.11 Å². The third kappa shape index (κ3) is 2.75. The van der Waals surface area contributed by atoms with Crippen molar-refractivity contribution in [1.29, 1.82) is 0 Å². The number of hydrogen-bond donors (Lipinski definition) is 2. The molecular weight excluding hydrogens is 268 g/mol. The molecule has 0 aliphatic heterocycles. The van der Waals surface area contributed by atoms with E-state index in [1.54, 1.807) is 29.7 Å². The predicted octanol–water partition coefficient (Wildman–Crippen LogP) is 4.05.